The Balaban J connectivity index is 1.89. The first-order valence-electron chi connectivity index (χ1n) is 6.95. The van der Waals surface area contributed by atoms with E-state index < -0.39 is 7.12 Å². The molecule has 0 atom stereocenters. The van der Waals surface area contributed by atoms with Crippen LogP contribution in [0.5, 0.6) is 0 Å². The highest BCUT2D eigenvalue weighted by Gasteiger charge is 2.52. The van der Waals surface area contributed by atoms with Gasteiger partial charge >= 0.3 is 7.12 Å². The number of para-hydroxylation sites is 1. The summed E-state index contributed by atoms with van der Waals surface area (Å²) in [6, 6.07) is 7.58. The van der Waals surface area contributed by atoms with Crippen LogP contribution in [-0.2, 0) is 9.31 Å². The Morgan fingerprint density at radius 2 is 1.71 bits per heavy atom. The van der Waals surface area contributed by atoms with Crippen LogP contribution in [0, 0.1) is 0 Å². The monoisotopic (exact) mass is 304 g/mol. The molecule has 1 aliphatic heterocycles. The van der Waals surface area contributed by atoms with Crippen molar-refractivity contribution in [2.75, 3.05) is 0 Å². The molecule has 0 spiro atoms. The van der Waals surface area contributed by atoms with Gasteiger partial charge in [-0.05, 0) is 39.8 Å². The average Bonchev–Trinajstić information content (AvgIpc) is 2.94. The van der Waals surface area contributed by atoms with Crippen LogP contribution in [-0.4, -0.2) is 28.1 Å². The fraction of sp³-hybridized carbons (Fsp3) is 0.400. The standard InChI is InChI=1S/C15H18BClN2O2/c1-14(2)15(3,4)21-16(20-14)11-9-18-19(10-11)13-8-6-5-7-12(13)17/h5-10H,1-4H3. The first kappa shape index (κ1) is 14.6. The number of benzene rings is 1. The number of hydrogen-bond donors (Lipinski definition) is 0. The molecule has 2 heterocycles. The molecule has 110 valence electrons. The van der Waals surface area contributed by atoms with Crippen LogP contribution in [0.25, 0.3) is 5.69 Å². The van der Waals surface area contributed by atoms with Gasteiger partial charge in [-0.25, -0.2) is 4.68 Å². The maximum Gasteiger partial charge on any atom is 0.498 e. The third-order valence-corrected chi connectivity index (χ3v) is 4.55. The maximum atomic E-state index is 6.19. The molecule has 1 saturated heterocycles. The molecule has 3 rings (SSSR count). The van der Waals surface area contributed by atoms with E-state index in [2.05, 4.69) is 5.10 Å². The second kappa shape index (κ2) is 4.87. The van der Waals surface area contributed by atoms with Gasteiger partial charge in [0.15, 0.2) is 0 Å². The zero-order chi connectivity index (χ0) is 15.3. The van der Waals surface area contributed by atoms with E-state index in [9.17, 15) is 0 Å². The van der Waals surface area contributed by atoms with Crippen molar-refractivity contribution in [3.63, 3.8) is 0 Å². The summed E-state index contributed by atoms with van der Waals surface area (Å²) in [6.07, 6.45) is 3.65. The first-order chi connectivity index (χ1) is 9.80. The first-order valence-corrected chi connectivity index (χ1v) is 7.33. The highest BCUT2D eigenvalue weighted by molar-refractivity contribution is 6.62. The molecule has 0 amide bonds. The van der Waals surface area contributed by atoms with Crippen molar-refractivity contribution < 1.29 is 9.31 Å². The summed E-state index contributed by atoms with van der Waals surface area (Å²) < 4.78 is 13.8. The Labute approximate surface area is 130 Å². The zero-order valence-electron chi connectivity index (χ0n) is 12.6. The molecule has 1 aliphatic rings. The van der Waals surface area contributed by atoms with Crippen LogP contribution in [0.4, 0.5) is 0 Å². The highest BCUT2D eigenvalue weighted by Crippen LogP contribution is 2.36. The summed E-state index contributed by atoms with van der Waals surface area (Å²) in [5, 5.41) is 5.01. The number of hydrogen-bond acceptors (Lipinski definition) is 3. The molecule has 1 aromatic heterocycles. The molecule has 0 saturated carbocycles. The van der Waals surface area contributed by atoms with Crippen LogP contribution in [0.2, 0.25) is 5.02 Å². The predicted octanol–water partition coefficient (Wildman–Crippen LogP) is 2.82. The molecule has 2 aromatic rings. The predicted molar refractivity (Wildman–Crippen MR) is 84.3 cm³/mol. The molecule has 0 N–H and O–H groups in total. The molecule has 21 heavy (non-hydrogen) atoms. The van der Waals surface area contributed by atoms with Crippen molar-refractivity contribution in [3.8, 4) is 5.69 Å². The average molecular weight is 305 g/mol. The lowest BCUT2D eigenvalue weighted by atomic mass is 9.82. The van der Waals surface area contributed by atoms with Gasteiger partial charge in [-0.2, -0.15) is 5.10 Å². The minimum absolute atomic E-state index is 0.357. The van der Waals surface area contributed by atoms with Gasteiger partial charge in [-0.1, -0.05) is 23.7 Å². The van der Waals surface area contributed by atoms with Crippen LogP contribution in [0.15, 0.2) is 36.7 Å². The van der Waals surface area contributed by atoms with Gasteiger partial charge in [-0.15, -0.1) is 0 Å². The summed E-state index contributed by atoms with van der Waals surface area (Å²) >= 11 is 6.19. The molecule has 0 aliphatic carbocycles. The quantitative estimate of drug-likeness (QED) is 0.801. The van der Waals surface area contributed by atoms with Gasteiger partial charge in [0, 0.05) is 17.9 Å². The van der Waals surface area contributed by atoms with E-state index in [4.69, 9.17) is 20.9 Å². The molecule has 4 nitrogen and oxygen atoms in total. The number of aromatic nitrogens is 2. The number of rotatable bonds is 2. The third-order valence-electron chi connectivity index (χ3n) is 4.23. The molecular weight excluding hydrogens is 286 g/mol. The molecule has 1 fully saturated rings. The number of halogens is 1. The van der Waals surface area contributed by atoms with Gasteiger partial charge in [-0.3, -0.25) is 0 Å². The molecule has 0 bridgehead atoms. The van der Waals surface area contributed by atoms with E-state index in [1.807, 2.05) is 58.2 Å². The fourth-order valence-electron chi connectivity index (χ4n) is 2.21. The maximum absolute atomic E-state index is 6.19. The SMILES string of the molecule is CC1(C)OB(c2cnn(-c3ccccc3Cl)c2)OC1(C)C. The minimum atomic E-state index is -0.411. The van der Waals surface area contributed by atoms with Crippen LogP contribution in [0.1, 0.15) is 27.7 Å². The summed E-state index contributed by atoms with van der Waals surface area (Å²) in [7, 11) is -0.411. The van der Waals surface area contributed by atoms with Crippen molar-refractivity contribution in [2.45, 2.75) is 38.9 Å². The van der Waals surface area contributed by atoms with Crippen LogP contribution < -0.4 is 5.46 Å². The summed E-state index contributed by atoms with van der Waals surface area (Å²) in [4.78, 5) is 0. The van der Waals surface area contributed by atoms with Crippen LogP contribution in [0.3, 0.4) is 0 Å². The van der Waals surface area contributed by atoms with E-state index in [1.165, 1.54) is 0 Å². The van der Waals surface area contributed by atoms with Gasteiger partial charge < -0.3 is 9.31 Å². The summed E-state index contributed by atoms with van der Waals surface area (Å²) in [5.74, 6) is 0. The van der Waals surface area contributed by atoms with Crippen LogP contribution >= 0.6 is 11.6 Å². The topological polar surface area (TPSA) is 36.3 Å². The second-order valence-corrected chi connectivity index (χ2v) is 6.67. The van der Waals surface area contributed by atoms with Crippen molar-refractivity contribution in [1.29, 1.82) is 0 Å². The molecule has 0 radical (unpaired) electrons. The van der Waals surface area contributed by atoms with Gasteiger partial charge in [0.05, 0.1) is 21.9 Å². The Morgan fingerprint density at radius 3 is 2.33 bits per heavy atom. The fourth-order valence-corrected chi connectivity index (χ4v) is 2.43. The third kappa shape index (κ3) is 2.50. The summed E-state index contributed by atoms with van der Waals surface area (Å²) in [6.45, 7) is 8.13. The molecule has 6 heteroatoms. The van der Waals surface area contributed by atoms with E-state index in [0.29, 0.717) is 5.02 Å². The second-order valence-electron chi connectivity index (χ2n) is 6.26. The lowest BCUT2D eigenvalue weighted by Gasteiger charge is -2.32. The van der Waals surface area contributed by atoms with Crippen molar-refractivity contribution in [3.05, 3.63) is 41.7 Å². The van der Waals surface area contributed by atoms with E-state index in [-0.39, 0.29) is 11.2 Å². The van der Waals surface area contributed by atoms with E-state index in [1.54, 1.807) is 10.9 Å². The molecule has 0 unspecified atom stereocenters. The van der Waals surface area contributed by atoms with Crippen molar-refractivity contribution in [1.82, 2.24) is 9.78 Å². The smallest absolute Gasteiger partial charge is 0.399 e. The minimum Gasteiger partial charge on any atom is -0.399 e. The molecule has 1 aromatic carbocycles. The van der Waals surface area contributed by atoms with Crippen molar-refractivity contribution in [2.24, 2.45) is 0 Å². The van der Waals surface area contributed by atoms with Gasteiger partial charge in [0.2, 0.25) is 0 Å². The Morgan fingerprint density at radius 1 is 1.10 bits per heavy atom. The highest BCUT2D eigenvalue weighted by atomic mass is 35.5. The van der Waals surface area contributed by atoms with Gasteiger partial charge in [0.25, 0.3) is 0 Å². The van der Waals surface area contributed by atoms with E-state index >= 15 is 0 Å². The van der Waals surface area contributed by atoms with E-state index in [0.717, 1.165) is 11.2 Å². The lowest BCUT2D eigenvalue weighted by molar-refractivity contribution is 0.00578. The number of nitrogens with zero attached hydrogens (tertiary/aromatic N) is 2. The molecular formula is C15H18BClN2O2. The largest absolute Gasteiger partial charge is 0.498 e. The lowest BCUT2D eigenvalue weighted by Crippen LogP contribution is -2.41. The zero-order valence-corrected chi connectivity index (χ0v) is 13.4. The van der Waals surface area contributed by atoms with Crippen molar-refractivity contribution >= 4 is 24.2 Å². The van der Waals surface area contributed by atoms with Gasteiger partial charge in [0.1, 0.15) is 0 Å². The summed E-state index contributed by atoms with van der Waals surface area (Å²) in [5.41, 5.74) is 1.00. The Kier molecular flexibility index (Phi) is 3.39. The Hall–Kier alpha value is -1.30. The Bertz CT molecular complexity index is 653. The normalized spacial score (nSPS) is 20.0.